The molecule has 0 radical (unpaired) electrons. The molecule has 5 nitrogen and oxygen atoms in total. The molecule has 3 aromatic rings. The predicted octanol–water partition coefficient (Wildman–Crippen LogP) is 3.28. The highest BCUT2D eigenvalue weighted by molar-refractivity contribution is 9.10. The average Bonchev–Trinajstić information content (AvgIpc) is 3.01. The van der Waals surface area contributed by atoms with Crippen LogP contribution in [0.5, 0.6) is 0 Å². The molecule has 0 saturated heterocycles. The van der Waals surface area contributed by atoms with Gasteiger partial charge in [0.05, 0.1) is 5.69 Å². The van der Waals surface area contributed by atoms with Crippen molar-refractivity contribution in [3.63, 3.8) is 0 Å². The Kier molecular flexibility index (Phi) is 3.72. The molecule has 0 spiro atoms. The first-order chi connectivity index (χ1) is 9.24. The number of thioether (sulfide) groups is 1. The maximum Gasteiger partial charge on any atom is 0.206 e. The summed E-state index contributed by atoms with van der Waals surface area (Å²) in [5, 5.41) is 11.9. The van der Waals surface area contributed by atoms with Crippen LogP contribution in [0.25, 0.3) is 5.65 Å². The Labute approximate surface area is 126 Å². The number of nitrogens with zero attached hydrogens (tertiary/aromatic N) is 4. The molecular weight excluding hydrogens is 346 g/mol. The van der Waals surface area contributed by atoms with Crippen molar-refractivity contribution in [3.8, 4) is 0 Å². The first-order valence-corrected chi connectivity index (χ1v) is 8.11. The van der Waals surface area contributed by atoms with E-state index in [0.717, 1.165) is 31.0 Å². The number of nitrogens with one attached hydrogen (secondary N) is 1. The second-order valence-corrected chi connectivity index (χ2v) is 6.87. The fourth-order valence-corrected chi connectivity index (χ4v) is 3.53. The van der Waals surface area contributed by atoms with Crippen LogP contribution in [0.15, 0.2) is 33.3 Å². The molecule has 0 aliphatic carbocycles. The minimum absolute atomic E-state index is 0.789. The van der Waals surface area contributed by atoms with E-state index < -0.39 is 0 Å². The van der Waals surface area contributed by atoms with Gasteiger partial charge in [-0.2, -0.15) is 0 Å². The van der Waals surface area contributed by atoms with Crippen molar-refractivity contribution in [1.29, 1.82) is 0 Å². The first kappa shape index (κ1) is 12.9. The summed E-state index contributed by atoms with van der Waals surface area (Å²) in [5.41, 5.74) is 1.98. The van der Waals surface area contributed by atoms with Crippen molar-refractivity contribution in [2.75, 3.05) is 12.4 Å². The highest BCUT2D eigenvalue weighted by atomic mass is 79.9. The second kappa shape index (κ2) is 5.48. The van der Waals surface area contributed by atoms with Gasteiger partial charge < -0.3 is 9.72 Å². The Morgan fingerprint density at radius 2 is 2.26 bits per heavy atom. The van der Waals surface area contributed by atoms with Gasteiger partial charge in [0.15, 0.2) is 4.34 Å². The molecule has 19 heavy (non-hydrogen) atoms. The number of aromatic nitrogens is 4. The smallest absolute Gasteiger partial charge is 0.206 e. The summed E-state index contributed by atoms with van der Waals surface area (Å²) >= 11 is 6.65. The molecule has 0 atom stereocenters. The third kappa shape index (κ3) is 2.90. The number of halogens is 1. The van der Waals surface area contributed by atoms with Gasteiger partial charge in [-0.25, -0.2) is 4.98 Å². The molecule has 0 aliphatic heterocycles. The van der Waals surface area contributed by atoms with Crippen LogP contribution in [0.3, 0.4) is 0 Å². The average molecular weight is 356 g/mol. The SMILES string of the molecule is CNc1nnc(SCc2cn3cc(Br)ccc3n2)s1. The molecule has 8 heteroatoms. The molecule has 0 saturated carbocycles. The summed E-state index contributed by atoms with van der Waals surface area (Å²) in [6, 6.07) is 3.98. The van der Waals surface area contributed by atoms with Crippen LogP contribution in [0.2, 0.25) is 0 Å². The number of pyridine rings is 1. The largest absolute Gasteiger partial charge is 0.363 e. The minimum Gasteiger partial charge on any atom is -0.363 e. The maximum absolute atomic E-state index is 4.56. The van der Waals surface area contributed by atoms with Gasteiger partial charge in [-0.05, 0) is 28.1 Å². The van der Waals surface area contributed by atoms with Crippen LogP contribution in [0.4, 0.5) is 5.13 Å². The number of hydrogen-bond donors (Lipinski definition) is 1. The molecular formula is C11H10BrN5S2. The Morgan fingerprint density at radius 1 is 1.37 bits per heavy atom. The van der Waals surface area contributed by atoms with E-state index in [1.165, 1.54) is 0 Å². The summed E-state index contributed by atoms with van der Waals surface area (Å²) in [5.74, 6) is 0.789. The van der Waals surface area contributed by atoms with Gasteiger partial charge >= 0.3 is 0 Å². The van der Waals surface area contributed by atoms with Crippen molar-refractivity contribution >= 4 is 49.8 Å². The Bertz CT molecular complexity index is 708. The van der Waals surface area contributed by atoms with E-state index in [4.69, 9.17) is 0 Å². The number of anilines is 1. The number of fused-ring (bicyclic) bond motifs is 1. The van der Waals surface area contributed by atoms with Crippen LogP contribution < -0.4 is 5.32 Å². The highest BCUT2D eigenvalue weighted by Gasteiger charge is 2.06. The summed E-state index contributed by atoms with van der Waals surface area (Å²) < 4.78 is 4.00. The van der Waals surface area contributed by atoms with Crippen LogP contribution in [0, 0.1) is 0 Å². The zero-order valence-corrected chi connectivity index (χ0v) is 13.2. The molecule has 3 rings (SSSR count). The molecule has 0 fully saturated rings. The van der Waals surface area contributed by atoms with Gasteiger partial charge in [0.2, 0.25) is 5.13 Å². The molecule has 0 bridgehead atoms. The monoisotopic (exact) mass is 355 g/mol. The molecule has 3 aromatic heterocycles. The summed E-state index contributed by atoms with van der Waals surface area (Å²) in [4.78, 5) is 4.56. The van der Waals surface area contributed by atoms with Gasteiger partial charge in [-0.3, -0.25) is 0 Å². The van der Waals surface area contributed by atoms with E-state index in [0.29, 0.717) is 0 Å². The fraction of sp³-hybridized carbons (Fsp3) is 0.182. The van der Waals surface area contributed by atoms with Gasteiger partial charge in [-0.1, -0.05) is 23.1 Å². The standard InChI is InChI=1S/C11H10BrN5S2/c1-13-10-15-16-11(19-10)18-6-8-5-17-4-7(12)2-3-9(17)14-8/h2-5H,6H2,1H3,(H,13,15). The summed E-state index contributed by atoms with van der Waals surface area (Å²) in [6.07, 6.45) is 4.04. The number of hydrogen-bond acceptors (Lipinski definition) is 6. The van der Waals surface area contributed by atoms with E-state index in [-0.39, 0.29) is 0 Å². The summed E-state index contributed by atoms with van der Waals surface area (Å²) in [7, 11) is 1.84. The van der Waals surface area contributed by atoms with Crippen LogP contribution in [-0.2, 0) is 5.75 Å². The Balaban J connectivity index is 1.74. The highest BCUT2D eigenvalue weighted by Crippen LogP contribution is 2.27. The van der Waals surface area contributed by atoms with Crippen molar-refractivity contribution in [2.24, 2.45) is 0 Å². The van der Waals surface area contributed by atoms with Crippen molar-refractivity contribution in [3.05, 3.63) is 34.7 Å². The quantitative estimate of drug-likeness (QED) is 0.727. The number of rotatable bonds is 4. The topological polar surface area (TPSA) is 55.1 Å². The normalized spacial score (nSPS) is 11.1. The van der Waals surface area contributed by atoms with E-state index >= 15 is 0 Å². The molecule has 3 heterocycles. The van der Waals surface area contributed by atoms with Gasteiger partial charge in [0.1, 0.15) is 5.65 Å². The fourth-order valence-electron chi connectivity index (χ4n) is 1.59. The van der Waals surface area contributed by atoms with Crippen LogP contribution in [0.1, 0.15) is 5.69 Å². The van der Waals surface area contributed by atoms with Crippen molar-refractivity contribution < 1.29 is 0 Å². The minimum atomic E-state index is 0.789. The van der Waals surface area contributed by atoms with E-state index in [9.17, 15) is 0 Å². The Morgan fingerprint density at radius 3 is 3.05 bits per heavy atom. The van der Waals surface area contributed by atoms with Gasteiger partial charge in [0, 0.05) is 29.7 Å². The van der Waals surface area contributed by atoms with Crippen LogP contribution in [-0.4, -0.2) is 26.6 Å². The van der Waals surface area contributed by atoms with E-state index in [1.54, 1.807) is 23.1 Å². The molecule has 0 aromatic carbocycles. The molecule has 0 amide bonds. The molecule has 0 aliphatic rings. The Hall–Kier alpha value is -1.12. The van der Waals surface area contributed by atoms with Crippen molar-refractivity contribution in [1.82, 2.24) is 19.6 Å². The third-order valence-electron chi connectivity index (χ3n) is 2.43. The maximum atomic E-state index is 4.56. The lowest BCUT2D eigenvalue weighted by Gasteiger charge is -1.91. The lowest BCUT2D eigenvalue weighted by molar-refractivity contribution is 1.01. The van der Waals surface area contributed by atoms with Crippen LogP contribution >= 0.6 is 39.0 Å². The molecule has 1 N–H and O–H groups in total. The lowest BCUT2D eigenvalue weighted by atomic mass is 10.5. The number of imidazole rings is 1. The third-order valence-corrected chi connectivity index (χ3v) is 5.01. The zero-order chi connectivity index (χ0) is 13.2. The van der Waals surface area contributed by atoms with Gasteiger partial charge in [-0.15, -0.1) is 10.2 Å². The zero-order valence-electron chi connectivity index (χ0n) is 10.00. The van der Waals surface area contributed by atoms with Gasteiger partial charge in [0.25, 0.3) is 0 Å². The molecule has 0 unspecified atom stereocenters. The van der Waals surface area contributed by atoms with Crippen molar-refractivity contribution in [2.45, 2.75) is 10.1 Å². The second-order valence-electron chi connectivity index (χ2n) is 3.76. The molecule has 98 valence electrons. The van der Waals surface area contributed by atoms with E-state index in [1.807, 2.05) is 36.0 Å². The predicted molar refractivity (Wildman–Crippen MR) is 81.9 cm³/mol. The lowest BCUT2D eigenvalue weighted by Crippen LogP contribution is -1.84. The summed E-state index contributed by atoms with van der Waals surface area (Å²) in [6.45, 7) is 0. The van der Waals surface area contributed by atoms with E-state index in [2.05, 4.69) is 36.4 Å². The first-order valence-electron chi connectivity index (χ1n) is 5.52.